The van der Waals surface area contributed by atoms with Crippen molar-refractivity contribution < 1.29 is 32.3 Å². The number of carboxylic acid groups (broad SMARTS) is 1. The van der Waals surface area contributed by atoms with Gasteiger partial charge >= 0.3 is 11.9 Å². The molecule has 2 aromatic carbocycles. The van der Waals surface area contributed by atoms with Gasteiger partial charge in [0.15, 0.2) is 17.2 Å². The third-order valence-corrected chi connectivity index (χ3v) is 5.33. The molecule has 0 saturated heterocycles. The molecule has 0 unspecified atom stereocenters. The molecular weight excluding hydrogens is 421 g/mol. The van der Waals surface area contributed by atoms with Crippen LogP contribution in [-0.2, 0) is 0 Å². The van der Waals surface area contributed by atoms with Crippen LogP contribution in [0.5, 0.6) is 0 Å². The van der Waals surface area contributed by atoms with Gasteiger partial charge in [-0.3, -0.25) is 4.79 Å². The zero-order valence-electron chi connectivity index (χ0n) is 15.1. The molecule has 0 radical (unpaired) electrons. The first kappa shape index (κ1) is 19.6. The number of hydrogen-bond acceptors (Lipinski definition) is 5. The van der Waals surface area contributed by atoms with Gasteiger partial charge in [-0.15, -0.1) is 11.3 Å². The quantitative estimate of drug-likeness (QED) is 0.461. The summed E-state index contributed by atoms with van der Waals surface area (Å²) in [7, 11) is 0. The maximum Gasteiger partial charge on any atom is 0.339 e. The van der Waals surface area contributed by atoms with Crippen LogP contribution in [0.15, 0.2) is 40.1 Å². The van der Waals surface area contributed by atoms with Crippen molar-refractivity contribution in [1.29, 1.82) is 0 Å². The van der Waals surface area contributed by atoms with Crippen molar-refractivity contribution in [2.24, 2.45) is 0 Å². The van der Waals surface area contributed by atoms with Crippen molar-refractivity contribution in [2.45, 2.75) is 6.92 Å². The summed E-state index contributed by atoms with van der Waals surface area (Å²) in [6, 6.07) is 6.13. The van der Waals surface area contributed by atoms with E-state index in [0.717, 1.165) is 23.5 Å². The molecule has 0 bridgehead atoms. The number of hydrogen-bond donors (Lipinski definition) is 2. The number of fused-ring (bicyclic) bond motifs is 1. The molecule has 10 heteroatoms. The summed E-state index contributed by atoms with van der Waals surface area (Å²) >= 11 is 0.828. The number of carboxylic acids is 1. The Morgan fingerprint density at radius 1 is 1.13 bits per heavy atom. The third kappa shape index (κ3) is 3.30. The molecule has 0 aliphatic heterocycles. The average molecular weight is 432 g/mol. The topological polar surface area (TPSA) is 92.4 Å². The van der Waals surface area contributed by atoms with E-state index in [-0.39, 0.29) is 32.8 Å². The van der Waals surface area contributed by atoms with Crippen LogP contribution in [0.1, 0.15) is 26.6 Å². The number of halogens is 3. The molecule has 4 rings (SSSR count). The Balaban J connectivity index is 1.72. The van der Waals surface area contributed by atoms with Gasteiger partial charge in [0.1, 0.15) is 16.9 Å². The Labute approximate surface area is 170 Å². The van der Waals surface area contributed by atoms with E-state index in [1.807, 2.05) is 0 Å². The fraction of sp³-hybridized carbons (Fsp3) is 0.0500. The standard InChI is InChI=1S/C20H11F3N2O4S/c1-8-2-4-10(16(23)15(8)22)17-14(20(27)28)12(7-30-17)24-18(26)19-25-11-5-3-9(21)6-13(11)29-19/h2-7H,1H3,(H,24,26)(H,27,28). The molecule has 0 saturated carbocycles. The average Bonchev–Trinajstić information content (AvgIpc) is 3.30. The maximum absolute atomic E-state index is 14.4. The number of amides is 1. The SMILES string of the molecule is Cc1ccc(-c2scc(NC(=O)c3nc4ccc(F)cc4o3)c2C(=O)O)c(F)c1F. The number of benzene rings is 2. The van der Waals surface area contributed by atoms with E-state index in [0.29, 0.717) is 0 Å². The fourth-order valence-electron chi connectivity index (χ4n) is 2.85. The second-order valence-electron chi connectivity index (χ2n) is 6.30. The number of nitrogens with one attached hydrogen (secondary N) is 1. The van der Waals surface area contributed by atoms with Gasteiger partial charge in [0.2, 0.25) is 0 Å². The first-order valence-corrected chi connectivity index (χ1v) is 9.31. The Hall–Kier alpha value is -3.66. The summed E-state index contributed by atoms with van der Waals surface area (Å²) in [5, 5.41) is 13.2. The van der Waals surface area contributed by atoms with E-state index in [1.165, 1.54) is 30.5 Å². The highest BCUT2D eigenvalue weighted by Gasteiger charge is 2.26. The van der Waals surface area contributed by atoms with E-state index < -0.39 is 40.8 Å². The zero-order valence-corrected chi connectivity index (χ0v) is 15.9. The van der Waals surface area contributed by atoms with Crippen molar-refractivity contribution in [3.8, 4) is 10.4 Å². The monoisotopic (exact) mass is 432 g/mol. The highest BCUT2D eigenvalue weighted by atomic mass is 32.1. The second kappa shape index (κ2) is 7.30. The second-order valence-corrected chi connectivity index (χ2v) is 7.18. The van der Waals surface area contributed by atoms with Crippen molar-refractivity contribution in [2.75, 3.05) is 5.32 Å². The van der Waals surface area contributed by atoms with Crippen LogP contribution in [0.3, 0.4) is 0 Å². The van der Waals surface area contributed by atoms with Gasteiger partial charge in [-0.2, -0.15) is 0 Å². The number of aromatic carboxylic acids is 1. The third-order valence-electron chi connectivity index (χ3n) is 4.32. The molecule has 30 heavy (non-hydrogen) atoms. The largest absolute Gasteiger partial charge is 0.478 e. The molecular formula is C20H11F3N2O4S. The summed E-state index contributed by atoms with van der Waals surface area (Å²) in [5.41, 5.74) is -0.423. The Bertz CT molecular complexity index is 1330. The predicted molar refractivity (Wildman–Crippen MR) is 103 cm³/mol. The first-order valence-electron chi connectivity index (χ1n) is 8.43. The van der Waals surface area contributed by atoms with Crippen molar-refractivity contribution >= 4 is 40.0 Å². The highest BCUT2D eigenvalue weighted by molar-refractivity contribution is 7.14. The lowest BCUT2D eigenvalue weighted by molar-refractivity contribution is 0.0699. The highest BCUT2D eigenvalue weighted by Crippen LogP contribution is 2.38. The number of anilines is 1. The first-order chi connectivity index (χ1) is 14.3. The van der Waals surface area contributed by atoms with Crippen molar-refractivity contribution in [3.05, 3.63) is 70.2 Å². The van der Waals surface area contributed by atoms with E-state index in [2.05, 4.69) is 10.3 Å². The van der Waals surface area contributed by atoms with Gasteiger partial charge in [0.05, 0.1) is 10.6 Å². The summed E-state index contributed by atoms with van der Waals surface area (Å²) in [6.07, 6.45) is 0. The van der Waals surface area contributed by atoms with E-state index in [4.69, 9.17) is 4.42 Å². The number of carbonyl (C=O) groups excluding carboxylic acids is 1. The van der Waals surface area contributed by atoms with Crippen molar-refractivity contribution in [1.82, 2.24) is 4.98 Å². The molecule has 0 aliphatic carbocycles. The van der Waals surface area contributed by atoms with E-state index in [1.54, 1.807) is 0 Å². The molecule has 2 heterocycles. The molecule has 0 spiro atoms. The molecule has 6 nitrogen and oxygen atoms in total. The molecule has 0 fully saturated rings. The van der Waals surface area contributed by atoms with Gasteiger partial charge < -0.3 is 14.8 Å². The van der Waals surface area contributed by atoms with E-state index >= 15 is 0 Å². The molecule has 0 atom stereocenters. The van der Waals surface area contributed by atoms with Gasteiger partial charge in [0.25, 0.3) is 5.89 Å². The molecule has 0 aliphatic rings. The zero-order chi connectivity index (χ0) is 21.6. The van der Waals surface area contributed by atoms with Crippen LogP contribution in [0.25, 0.3) is 21.5 Å². The maximum atomic E-state index is 14.4. The van der Waals surface area contributed by atoms with Crippen LogP contribution in [0, 0.1) is 24.4 Å². The summed E-state index contributed by atoms with van der Waals surface area (Å²) in [5.74, 6) is -5.57. The summed E-state index contributed by atoms with van der Waals surface area (Å²) < 4.78 is 46.8. The van der Waals surface area contributed by atoms with E-state index in [9.17, 15) is 27.9 Å². The Morgan fingerprint density at radius 3 is 2.63 bits per heavy atom. The van der Waals surface area contributed by atoms with Gasteiger partial charge in [-0.1, -0.05) is 12.1 Å². The van der Waals surface area contributed by atoms with Crippen LogP contribution >= 0.6 is 11.3 Å². The number of oxazole rings is 1. The van der Waals surface area contributed by atoms with Crippen LogP contribution in [0.4, 0.5) is 18.9 Å². The van der Waals surface area contributed by atoms with Crippen LogP contribution in [0.2, 0.25) is 0 Å². The number of thiophene rings is 1. The van der Waals surface area contributed by atoms with Gasteiger partial charge in [-0.25, -0.2) is 22.9 Å². The van der Waals surface area contributed by atoms with Gasteiger partial charge in [-0.05, 0) is 24.6 Å². The normalized spacial score (nSPS) is 11.1. The Kier molecular flexibility index (Phi) is 4.78. The summed E-state index contributed by atoms with van der Waals surface area (Å²) in [4.78, 5) is 28.1. The number of rotatable bonds is 4. The van der Waals surface area contributed by atoms with Gasteiger partial charge in [0, 0.05) is 17.0 Å². The number of nitrogens with zero attached hydrogens (tertiary/aromatic N) is 1. The lowest BCUT2D eigenvalue weighted by Crippen LogP contribution is -2.14. The molecule has 2 aromatic heterocycles. The number of aromatic nitrogens is 1. The Morgan fingerprint density at radius 2 is 1.90 bits per heavy atom. The molecule has 1 amide bonds. The van der Waals surface area contributed by atoms with Crippen LogP contribution < -0.4 is 5.32 Å². The summed E-state index contributed by atoms with van der Waals surface area (Å²) in [6.45, 7) is 1.38. The molecule has 152 valence electrons. The predicted octanol–water partition coefficient (Wildman–Crippen LogP) is 5.23. The minimum Gasteiger partial charge on any atom is -0.478 e. The smallest absolute Gasteiger partial charge is 0.339 e. The van der Waals surface area contributed by atoms with Crippen molar-refractivity contribution in [3.63, 3.8) is 0 Å². The lowest BCUT2D eigenvalue weighted by Gasteiger charge is -2.07. The lowest BCUT2D eigenvalue weighted by atomic mass is 10.1. The fourth-order valence-corrected chi connectivity index (χ4v) is 3.87. The van der Waals surface area contributed by atoms with Crippen LogP contribution in [-0.4, -0.2) is 22.0 Å². The number of carbonyl (C=O) groups is 2. The minimum atomic E-state index is -1.44. The molecule has 2 N–H and O–H groups in total. The number of aryl methyl sites for hydroxylation is 1. The minimum absolute atomic E-state index is 0.0433. The molecule has 4 aromatic rings.